The van der Waals surface area contributed by atoms with Gasteiger partial charge in [-0.2, -0.15) is 0 Å². The first-order valence-corrected chi connectivity index (χ1v) is 14.2. The Balaban J connectivity index is 1.54. The lowest BCUT2D eigenvalue weighted by atomic mass is 10.3. The van der Waals surface area contributed by atoms with Crippen molar-refractivity contribution in [3.05, 3.63) is 114 Å². The van der Waals surface area contributed by atoms with Crippen molar-refractivity contribution in [2.45, 2.75) is 10.9 Å². The lowest BCUT2D eigenvalue weighted by Crippen LogP contribution is -2.22. The number of methoxy groups -OCH3 is 1. The second-order valence-electron chi connectivity index (χ2n) is 8.35. The van der Waals surface area contributed by atoms with Crippen LogP contribution in [0.25, 0.3) is 27.4 Å². The van der Waals surface area contributed by atoms with Crippen molar-refractivity contribution in [3.8, 4) is 17.1 Å². The summed E-state index contributed by atoms with van der Waals surface area (Å²) in [5.41, 5.74) is 2.33. The molecule has 0 atom stereocenters. The number of thiazole rings is 1. The van der Waals surface area contributed by atoms with Crippen molar-refractivity contribution >= 4 is 62.9 Å². The Bertz CT molecular complexity index is 2050. The summed E-state index contributed by atoms with van der Waals surface area (Å²) in [5, 5.41) is 0.850. The third kappa shape index (κ3) is 4.67. The molecule has 12 heteroatoms. The van der Waals surface area contributed by atoms with Crippen LogP contribution in [0.3, 0.4) is 0 Å². The third-order valence-corrected chi connectivity index (χ3v) is 8.49. The van der Waals surface area contributed by atoms with Crippen LogP contribution < -0.4 is 15.9 Å². The molecule has 194 valence electrons. The van der Waals surface area contributed by atoms with Gasteiger partial charge in [0.15, 0.2) is 14.8 Å². The number of hydrogen-bond acceptors (Lipinski definition) is 8. The summed E-state index contributed by atoms with van der Waals surface area (Å²) in [4.78, 5) is 36.3. The van der Waals surface area contributed by atoms with Crippen LogP contribution in [0.1, 0.15) is 5.69 Å². The summed E-state index contributed by atoms with van der Waals surface area (Å²) in [6.07, 6.45) is 1.53. The SMILES string of the molecule is COc1ccccc1-n1c(SCc2cc(=O)n3cc(Cl)ccc3n2)nc2c(sc(=S)n2-c2ccccc2)c1=O. The fourth-order valence-corrected chi connectivity index (χ4v) is 6.56. The summed E-state index contributed by atoms with van der Waals surface area (Å²) in [6, 6.07) is 21.6. The number of benzene rings is 2. The van der Waals surface area contributed by atoms with Gasteiger partial charge in [0, 0.05) is 23.7 Å². The number of hydrogen-bond donors (Lipinski definition) is 0. The monoisotopic (exact) mass is 591 g/mol. The van der Waals surface area contributed by atoms with Gasteiger partial charge < -0.3 is 4.74 Å². The number of pyridine rings is 1. The molecule has 4 heterocycles. The summed E-state index contributed by atoms with van der Waals surface area (Å²) in [5.74, 6) is 0.810. The zero-order valence-electron chi connectivity index (χ0n) is 20.3. The van der Waals surface area contributed by atoms with E-state index < -0.39 is 0 Å². The third-order valence-electron chi connectivity index (χ3n) is 5.94. The van der Waals surface area contributed by atoms with Gasteiger partial charge in [-0.15, -0.1) is 0 Å². The molecule has 0 aliphatic carbocycles. The first-order valence-electron chi connectivity index (χ1n) is 11.6. The number of thioether (sulfide) groups is 1. The lowest BCUT2D eigenvalue weighted by Gasteiger charge is -2.15. The minimum absolute atomic E-state index is 0.251. The van der Waals surface area contributed by atoms with E-state index in [2.05, 4.69) is 4.98 Å². The maximum atomic E-state index is 14.0. The largest absolute Gasteiger partial charge is 0.495 e. The van der Waals surface area contributed by atoms with Crippen LogP contribution in [-0.2, 0) is 5.75 Å². The number of ether oxygens (including phenoxy) is 1. The molecular formula is C27H18ClN5O3S3. The smallest absolute Gasteiger partial charge is 0.278 e. The van der Waals surface area contributed by atoms with E-state index in [0.717, 1.165) is 5.69 Å². The molecule has 8 nitrogen and oxygen atoms in total. The molecule has 4 aromatic heterocycles. The van der Waals surface area contributed by atoms with E-state index in [4.69, 9.17) is 33.5 Å². The maximum absolute atomic E-state index is 14.0. The molecule has 6 aromatic rings. The molecule has 0 amide bonds. The molecular weight excluding hydrogens is 574 g/mol. The number of halogens is 1. The summed E-state index contributed by atoms with van der Waals surface area (Å²) in [6.45, 7) is 0. The van der Waals surface area contributed by atoms with E-state index in [1.54, 1.807) is 35.9 Å². The van der Waals surface area contributed by atoms with Gasteiger partial charge in [-0.1, -0.05) is 65.0 Å². The molecule has 6 rings (SSSR count). The van der Waals surface area contributed by atoms with Crippen LogP contribution in [0.4, 0.5) is 0 Å². The highest BCUT2D eigenvalue weighted by molar-refractivity contribution is 7.98. The van der Waals surface area contributed by atoms with Crippen molar-refractivity contribution in [2.75, 3.05) is 7.11 Å². The maximum Gasteiger partial charge on any atom is 0.278 e. The number of aromatic nitrogens is 5. The first kappa shape index (κ1) is 25.5. The molecule has 2 aromatic carbocycles. The van der Waals surface area contributed by atoms with Crippen LogP contribution in [0.2, 0.25) is 5.02 Å². The van der Waals surface area contributed by atoms with Crippen molar-refractivity contribution in [1.29, 1.82) is 0 Å². The topological polar surface area (TPSA) is 83.4 Å². The van der Waals surface area contributed by atoms with Crippen molar-refractivity contribution in [1.82, 2.24) is 23.5 Å². The molecule has 0 radical (unpaired) electrons. The molecule has 0 saturated carbocycles. The van der Waals surface area contributed by atoms with E-state index in [9.17, 15) is 9.59 Å². The predicted molar refractivity (Wildman–Crippen MR) is 158 cm³/mol. The second-order valence-corrected chi connectivity index (χ2v) is 11.4. The zero-order valence-corrected chi connectivity index (χ0v) is 23.5. The number of fused-ring (bicyclic) bond motifs is 2. The van der Waals surface area contributed by atoms with Gasteiger partial charge in [0.25, 0.3) is 11.1 Å². The molecule has 0 N–H and O–H groups in total. The summed E-state index contributed by atoms with van der Waals surface area (Å²) in [7, 11) is 1.55. The molecule has 0 aliphatic heterocycles. The number of rotatable bonds is 6. The molecule has 0 saturated heterocycles. The van der Waals surface area contributed by atoms with Crippen molar-refractivity contribution < 1.29 is 4.74 Å². The zero-order chi connectivity index (χ0) is 27.1. The fraction of sp³-hybridized carbons (Fsp3) is 0.0741. The Morgan fingerprint density at radius 2 is 1.77 bits per heavy atom. The molecule has 39 heavy (non-hydrogen) atoms. The van der Waals surface area contributed by atoms with Gasteiger partial charge in [-0.3, -0.25) is 23.1 Å². The molecule has 0 aliphatic rings. The quantitative estimate of drug-likeness (QED) is 0.135. The summed E-state index contributed by atoms with van der Waals surface area (Å²) < 4.78 is 11.2. The normalized spacial score (nSPS) is 11.3. The van der Waals surface area contributed by atoms with Gasteiger partial charge in [-0.05, 0) is 48.6 Å². The Kier molecular flexibility index (Phi) is 6.81. The highest BCUT2D eigenvalue weighted by Crippen LogP contribution is 2.31. The van der Waals surface area contributed by atoms with Crippen LogP contribution >= 0.6 is 46.9 Å². The Morgan fingerprint density at radius 1 is 1.00 bits per heavy atom. The minimum Gasteiger partial charge on any atom is -0.495 e. The molecule has 0 bridgehead atoms. The average Bonchev–Trinajstić information content (AvgIpc) is 3.29. The average molecular weight is 592 g/mol. The van der Waals surface area contributed by atoms with Crippen molar-refractivity contribution in [2.24, 2.45) is 0 Å². The molecule has 0 unspecified atom stereocenters. The fourth-order valence-electron chi connectivity index (χ4n) is 4.20. The van der Waals surface area contributed by atoms with E-state index >= 15 is 0 Å². The van der Waals surface area contributed by atoms with Gasteiger partial charge in [0.1, 0.15) is 16.1 Å². The summed E-state index contributed by atoms with van der Waals surface area (Å²) >= 11 is 14.2. The van der Waals surface area contributed by atoms with E-state index in [1.807, 2.05) is 42.5 Å². The Hall–Kier alpha value is -3.77. The minimum atomic E-state index is -0.265. The number of nitrogens with zero attached hydrogens (tertiary/aromatic N) is 5. The van der Waals surface area contributed by atoms with E-state index in [-0.39, 0.29) is 16.9 Å². The standard InChI is InChI=1S/C27H18ClN5O3S3/c1-36-20-10-6-5-9-19(20)33-25(35)23-24(32(27(37)39-23)18-7-3-2-4-8-18)30-26(33)38-15-17-13-22(34)31-14-16(28)11-12-21(31)29-17/h2-14H,15H2,1H3. The molecule has 0 fully saturated rings. The number of para-hydroxylation sites is 3. The van der Waals surface area contributed by atoms with Crippen LogP contribution in [0, 0.1) is 3.95 Å². The van der Waals surface area contributed by atoms with Gasteiger partial charge >= 0.3 is 0 Å². The molecule has 0 spiro atoms. The predicted octanol–water partition coefficient (Wildman–Crippen LogP) is 5.93. The van der Waals surface area contributed by atoms with E-state index in [1.165, 1.54) is 44.3 Å². The van der Waals surface area contributed by atoms with Gasteiger partial charge in [0.2, 0.25) is 0 Å². The van der Waals surface area contributed by atoms with Gasteiger partial charge in [-0.25, -0.2) is 9.97 Å². The Morgan fingerprint density at radius 3 is 2.56 bits per heavy atom. The van der Waals surface area contributed by atoms with Crippen LogP contribution in [-0.4, -0.2) is 30.6 Å². The Labute approximate surface area is 239 Å². The highest BCUT2D eigenvalue weighted by atomic mass is 35.5. The van der Waals surface area contributed by atoms with Crippen LogP contribution in [0.15, 0.2) is 93.7 Å². The van der Waals surface area contributed by atoms with Crippen molar-refractivity contribution in [3.63, 3.8) is 0 Å². The first-order chi connectivity index (χ1) is 18.9. The second kappa shape index (κ2) is 10.4. The van der Waals surface area contributed by atoms with Crippen LogP contribution in [0.5, 0.6) is 5.75 Å². The van der Waals surface area contributed by atoms with E-state index in [0.29, 0.717) is 47.3 Å². The highest BCUT2D eigenvalue weighted by Gasteiger charge is 2.21. The lowest BCUT2D eigenvalue weighted by molar-refractivity contribution is 0.411. The van der Waals surface area contributed by atoms with Gasteiger partial charge in [0.05, 0.1) is 23.5 Å².